The van der Waals surface area contributed by atoms with Crippen molar-refractivity contribution in [2.75, 3.05) is 56.4 Å². The number of esters is 1. The number of hydrogen-bond donors (Lipinski definition) is 7. The molecule has 0 aliphatic carbocycles. The number of ether oxygens (including phenoxy) is 2. The van der Waals surface area contributed by atoms with E-state index < -0.39 is 180 Å². The molecule has 26 heteroatoms. The van der Waals surface area contributed by atoms with E-state index in [9.17, 15) is 48.6 Å². The molecule has 1 saturated heterocycles. The third-order valence-electron chi connectivity index (χ3n) is 20.8. The van der Waals surface area contributed by atoms with Gasteiger partial charge in [-0.2, -0.15) is 0 Å². The Bertz CT molecular complexity index is 3490. The zero-order valence-electron chi connectivity index (χ0n) is 68.9. The molecule has 608 valence electrons. The van der Waals surface area contributed by atoms with Gasteiger partial charge in [0.05, 0.1) is 31.2 Å². The summed E-state index contributed by atoms with van der Waals surface area (Å²) in [4.78, 5) is 183. The number of cyclic esters (lactones) is 1. The van der Waals surface area contributed by atoms with Gasteiger partial charge in [0.2, 0.25) is 41.4 Å². The van der Waals surface area contributed by atoms with Crippen molar-refractivity contribution in [1.29, 1.82) is 0 Å². The van der Waals surface area contributed by atoms with Gasteiger partial charge in [-0.1, -0.05) is 155 Å². The number of benzene rings is 2. The molecule has 1 aromatic heterocycles. The van der Waals surface area contributed by atoms with Crippen LogP contribution in [0.3, 0.4) is 0 Å². The first kappa shape index (κ1) is 96.1. The summed E-state index contributed by atoms with van der Waals surface area (Å²) < 4.78 is 11.7. The van der Waals surface area contributed by atoms with E-state index in [0.717, 1.165) is 4.90 Å². The van der Waals surface area contributed by atoms with Crippen LogP contribution in [0.5, 0.6) is 5.75 Å². The third-order valence-corrected chi connectivity index (χ3v) is 20.8. The van der Waals surface area contributed by atoms with Crippen LogP contribution in [0.4, 0.5) is 0 Å². The van der Waals surface area contributed by atoms with E-state index in [0.29, 0.717) is 28.6 Å². The van der Waals surface area contributed by atoms with Crippen molar-refractivity contribution in [3.63, 3.8) is 0 Å². The smallest absolute Gasteiger partial charge is 0.309 e. The number of amides is 7. The lowest BCUT2D eigenvalue weighted by atomic mass is 9.84. The molecule has 7 amide bonds. The molecule has 3 aromatic rings. The molecule has 108 heavy (non-hydrogen) atoms. The van der Waals surface area contributed by atoms with Crippen LogP contribution in [0.2, 0.25) is 0 Å². The minimum absolute atomic E-state index is 0. The van der Waals surface area contributed by atoms with Gasteiger partial charge < -0.3 is 65.5 Å². The number of hydrogen-bond acceptors (Lipinski definition) is 18. The second-order valence-corrected chi connectivity index (χ2v) is 32.3. The van der Waals surface area contributed by atoms with Crippen molar-refractivity contribution < 1.29 is 77.2 Å². The number of aromatic nitrogens is 1. The molecular weight excluding hydrogens is 1380 g/mol. The summed E-state index contributed by atoms with van der Waals surface area (Å²) >= 11 is 0. The standard InChI is InChI=1S/C67H103N9O14.C14H27NO2.CH4/c1-34(2)29-48-61(82)70-54(38(9)10)64(85)75(18)57(39(11)12)66(87)73(16)47(30-43-33-69-46-27-24-28-51(89-20)52(43)46)49(78)31-44(35(3)4)60(81)72-56(59(80)42-25-22-21-23-26-42)50(79)32-45(36(5)6)67(88)90-41(14)55(68-15)65(86)76(19)58(40(13)77)62(83)71-53(37(7)8)63(84)74(48)17;1-9(2)12(11(5)16)8-13(17)14(10(3)4)15(6)7;/h21-28,33-41,44-45,47-48,53-59,68-69,77,80H,29-32H2,1-20H3,(H,70,82)(H,71,83)(H,72,81);9-10,12,14H,8H2,1-7H3;1H4. The Kier molecular flexibility index (Phi) is 38.7. The first-order valence-corrected chi connectivity index (χ1v) is 37.9. The van der Waals surface area contributed by atoms with Crippen molar-refractivity contribution in [2.45, 2.75) is 244 Å². The minimum Gasteiger partial charge on any atom is -0.496 e. The van der Waals surface area contributed by atoms with E-state index in [-0.39, 0.29) is 67.1 Å². The van der Waals surface area contributed by atoms with E-state index in [1.54, 1.807) is 125 Å². The Morgan fingerprint density at radius 1 is 0.602 bits per heavy atom. The van der Waals surface area contributed by atoms with Gasteiger partial charge >= 0.3 is 5.97 Å². The van der Waals surface area contributed by atoms with Crippen LogP contribution in [0.15, 0.2) is 54.7 Å². The fraction of sp³-hybridized carbons (Fsp3) is 0.683. The Hall–Kier alpha value is -7.94. The number of Topliss-reactive ketones (excluding diaryl/α,β-unsaturated/α-hetero) is 4. The fourth-order valence-corrected chi connectivity index (χ4v) is 14.4. The number of methoxy groups -OCH3 is 1. The van der Waals surface area contributed by atoms with Crippen LogP contribution >= 0.6 is 0 Å². The second kappa shape index (κ2) is 43.5. The predicted molar refractivity (Wildman–Crippen MR) is 420 cm³/mol. The molecule has 15 unspecified atom stereocenters. The number of nitrogens with one attached hydrogen (secondary N) is 5. The molecule has 4 rings (SSSR count). The highest BCUT2D eigenvalue weighted by Gasteiger charge is 2.46. The zero-order valence-corrected chi connectivity index (χ0v) is 68.9. The molecule has 7 N–H and O–H groups in total. The van der Waals surface area contributed by atoms with E-state index in [1.165, 1.54) is 70.9 Å². The Morgan fingerprint density at radius 3 is 1.57 bits per heavy atom. The van der Waals surface area contributed by atoms with Gasteiger partial charge in [-0.3, -0.25) is 62.4 Å². The number of aromatic amines is 1. The summed E-state index contributed by atoms with van der Waals surface area (Å²) in [7, 11) is 12.4. The van der Waals surface area contributed by atoms with Gasteiger partial charge in [0.1, 0.15) is 66.0 Å². The van der Waals surface area contributed by atoms with Crippen molar-refractivity contribution in [3.8, 4) is 5.75 Å². The average molecular weight is 1520 g/mol. The van der Waals surface area contributed by atoms with Crippen LogP contribution in [0.25, 0.3) is 10.9 Å². The van der Waals surface area contributed by atoms with Crippen LogP contribution in [-0.4, -0.2) is 233 Å². The highest BCUT2D eigenvalue weighted by atomic mass is 16.5. The molecule has 15 atom stereocenters. The van der Waals surface area contributed by atoms with Gasteiger partial charge in [0.15, 0.2) is 17.3 Å². The highest BCUT2D eigenvalue weighted by Crippen LogP contribution is 2.33. The summed E-state index contributed by atoms with van der Waals surface area (Å²) in [5, 5.41) is 35.2. The molecular formula is C82H134N10O16. The van der Waals surface area contributed by atoms with E-state index in [4.69, 9.17) is 9.47 Å². The van der Waals surface area contributed by atoms with Crippen molar-refractivity contribution in [3.05, 3.63) is 65.9 Å². The molecule has 1 fully saturated rings. The van der Waals surface area contributed by atoms with E-state index in [1.807, 2.05) is 66.6 Å². The normalized spacial score (nSPS) is 24.4. The van der Waals surface area contributed by atoms with Gasteiger partial charge in [-0.25, -0.2) is 0 Å². The summed E-state index contributed by atoms with van der Waals surface area (Å²) in [5.41, 5.74) is 1.54. The zero-order chi connectivity index (χ0) is 81.8. The molecule has 0 spiro atoms. The number of carbonyl (C=O) groups is 12. The highest BCUT2D eigenvalue weighted by molar-refractivity contribution is 6.00. The number of aliphatic hydroxyl groups is 2. The number of ketones is 4. The maximum Gasteiger partial charge on any atom is 0.309 e. The Balaban J connectivity index is 0.00000194. The quantitative estimate of drug-likeness (QED) is 0.0504. The Morgan fingerprint density at radius 2 is 1.11 bits per heavy atom. The number of nitrogens with zero attached hydrogens (tertiary/aromatic N) is 5. The lowest BCUT2D eigenvalue weighted by molar-refractivity contribution is -0.161. The SMILES string of the molecule is C.CC(=O)C(CC(=O)C(C(C)C)N(C)C)C(C)C.CNC1C(=O)N(C)C(C(C)O)C(=O)NC(C(C)C)C(=O)N(C)C(CC(C)C)C(=O)NC(C(C)C)C(=O)N(C)C(C(C)C)C(=O)N(C)C(Cc2c[nH]c3cccc(OC)c23)C(=O)CC(C(C)C)C(=O)NC(C(O)c2ccccc2)C(=O)CC(C(C)C)C(=O)OC1C. The topological polar surface area (TPSA) is 344 Å². The lowest BCUT2D eigenvalue weighted by Gasteiger charge is -2.39. The van der Waals surface area contributed by atoms with Gasteiger partial charge in [0, 0.05) is 82.8 Å². The van der Waals surface area contributed by atoms with E-state index in [2.05, 4.69) is 26.3 Å². The molecule has 1 aliphatic heterocycles. The molecule has 2 aromatic carbocycles. The Labute approximate surface area is 643 Å². The largest absolute Gasteiger partial charge is 0.496 e. The van der Waals surface area contributed by atoms with Gasteiger partial charge in [-0.15, -0.1) is 0 Å². The second-order valence-electron chi connectivity index (χ2n) is 32.3. The maximum atomic E-state index is 15.5. The number of rotatable bonds is 21. The van der Waals surface area contributed by atoms with Crippen LogP contribution in [0, 0.1) is 65.1 Å². The first-order valence-electron chi connectivity index (χ1n) is 37.9. The molecule has 0 saturated carbocycles. The summed E-state index contributed by atoms with van der Waals surface area (Å²) in [6.45, 7) is 33.2. The van der Waals surface area contributed by atoms with Crippen molar-refractivity contribution >= 4 is 81.4 Å². The summed E-state index contributed by atoms with van der Waals surface area (Å²) in [6.07, 6.45) is -3.38. The molecule has 0 bridgehead atoms. The molecule has 0 radical (unpaired) electrons. The summed E-state index contributed by atoms with van der Waals surface area (Å²) in [5.74, 6) is -11.7. The number of H-pyrrole nitrogens is 1. The van der Waals surface area contributed by atoms with Crippen LogP contribution in [0.1, 0.15) is 182 Å². The first-order chi connectivity index (χ1) is 49.7. The summed E-state index contributed by atoms with van der Waals surface area (Å²) in [6, 6.07) is 2.49. The number of carbonyl (C=O) groups excluding carboxylic acids is 12. The molecule has 1 aliphatic rings. The van der Waals surface area contributed by atoms with Gasteiger partial charge in [0.25, 0.3) is 0 Å². The lowest BCUT2D eigenvalue weighted by Crippen LogP contribution is -2.63. The number of likely N-dealkylation sites (N-methyl/N-ethyl adjacent to an activating group) is 6. The van der Waals surface area contributed by atoms with Crippen LogP contribution in [-0.2, 0) is 68.7 Å². The number of fused-ring (bicyclic) bond motifs is 1. The van der Waals surface area contributed by atoms with Gasteiger partial charge in [-0.05, 0) is 119 Å². The van der Waals surface area contributed by atoms with Crippen molar-refractivity contribution in [1.82, 2.24) is 50.8 Å². The molecule has 2 heterocycles. The number of aliphatic hydroxyl groups excluding tert-OH is 2. The van der Waals surface area contributed by atoms with E-state index >= 15 is 19.2 Å². The third kappa shape index (κ3) is 25.3. The average Bonchev–Trinajstić information content (AvgIpc) is 1.59. The van der Waals surface area contributed by atoms with Crippen molar-refractivity contribution in [2.24, 2.45) is 65.1 Å². The van der Waals surface area contributed by atoms with Crippen LogP contribution < -0.4 is 26.0 Å². The maximum absolute atomic E-state index is 15.5. The monoisotopic (exact) mass is 1510 g/mol. The predicted octanol–water partition coefficient (Wildman–Crippen LogP) is 7.64. The minimum atomic E-state index is -1.68. The fourth-order valence-electron chi connectivity index (χ4n) is 14.4. The molecule has 26 nitrogen and oxygen atoms in total.